The van der Waals surface area contributed by atoms with Gasteiger partial charge in [0.2, 0.25) is 0 Å². The number of hydrogen-bond acceptors (Lipinski definition) is 6. The lowest BCUT2D eigenvalue weighted by molar-refractivity contribution is -0.140. The number of alkyl halides is 3. The highest BCUT2D eigenvalue weighted by molar-refractivity contribution is 14.1. The fourth-order valence-electron chi connectivity index (χ4n) is 4.48. The van der Waals surface area contributed by atoms with Crippen molar-refractivity contribution in [3.8, 4) is 5.75 Å². The molecule has 0 aliphatic carbocycles. The van der Waals surface area contributed by atoms with E-state index in [4.69, 9.17) is 21.1 Å². The molecule has 6 nitrogen and oxygen atoms in total. The van der Waals surface area contributed by atoms with Gasteiger partial charge in [-0.3, -0.25) is 9.36 Å². The molecule has 1 aliphatic rings. The predicted octanol–water partition coefficient (Wildman–Crippen LogP) is 6.78. The minimum Gasteiger partial charge on any atom is -0.487 e. The summed E-state index contributed by atoms with van der Waals surface area (Å²) in [6.45, 7) is 1.70. The molecule has 0 radical (unpaired) electrons. The van der Waals surface area contributed by atoms with Crippen LogP contribution in [0.1, 0.15) is 29.7 Å². The lowest BCUT2D eigenvalue weighted by atomic mass is 9.95. The van der Waals surface area contributed by atoms with Crippen molar-refractivity contribution >= 4 is 80.2 Å². The van der Waals surface area contributed by atoms with Gasteiger partial charge in [0.25, 0.3) is 5.56 Å². The molecule has 0 unspecified atom stereocenters. The van der Waals surface area contributed by atoms with E-state index in [1.807, 2.05) is 42.5 Å². The second kappa shape index (κ2) is 13.1. The Hall–Kier alpha value is -2.69. The van der Waals surface area contributed by atoms with Crippen LogP contribution >= 0.6 is 68.1 Å². The number of esters is 1. The summed E-state index contributed by atoms with van der Waals surface area (Å²) in [5, 5.41) is 0.342. The zero-order valence-corrected chi connectivity index (χ0v) is 28.0. The summed E-state index contributed by atoms with van der Waals surface area (Å²) in [6, 6.07) is 17.8. The molecule has 13 heteroatoms. The number of ether oxygens (including phenoxy) is 2. The molecule has 0 saturated heterocycles. The first-order chi connectivity index (χ1) is 20.5. The molecule has 1 atom stereocenters. The van der Waals surface area contributed by atoms with Crippen LogP contribution in [-0.4, -0.2) is 23.3 Å². The van der Waals surface area contributed by atoms with Crippen LogP contribution in [0.15, 0.2) is 87.8 Å². The van der Waals surface area contributed by atoms with E-state index in [-0.39, 0.29) is 21.5 Å². The number of thiazole rings is 1. The Labute approximate surface area is 279 Å². The normalized spacial score (nSPS) is 15.2. The van der Waals surface area contributed by atoms with E-state index in [0.29, 0.717) is 22.9 Å². The molecule has 0 saturated carbocycles. The number of hydrogen-bond donors (Lipinski definition) is 0. The Morgan fingerprint density at radius 3 is 2.35 bits per heavy atom. The first kappa shape index (κ1) is 31.7. The Morgan fingerprint density at radius 1 is 1.09 bits per heavy atom. The van der Waals surface area contributed by atoms with Crippen molar-refractivity contribution in [1.29, 1.82) is 0 Å². The van der Waals surface area contributed by atoms with Crippen LogP contribution in [-0.2, 0) is 16.1 Å². The third-order valence-electron chi connectivity index (χ3n) is 6.33. The number of carbonyl (C=O) groups excluding carboxylic acids is 1. The van der Waals surface area contributed by atoms with E-state index >= 15 is 0 Å². The van der Waals surface area contributed by atoms with E-state index < -0.39 is 35.0 Å². The van der Waals surface area contributed by atoms with E-state index in [9.17, 15) is 22.8 Å². The zero-order chi connectivity index (χ0) is 30.9. The first-order valence-electron chi connectivity index (χ1n) is 12.7. The Bertz CT molecular complexity index is 1880. The van der Waals surface area contributed by atoms with Gasteiger partial charge in [0.15, 0.2) is 10.5 Å². The number of allylic oxidation sites excluding steroid dienone is 1. The number of benzene rings is 3. The van der Waals surface area contributed by atoms with Gasteiger partial charge in [-0.05, 0) is 99.1 Å². The highest BCUT2D eigenvalue weighted by Crippen LogP contribution is 2.38. The second-order valence-corrected chi connectivity index (χ2v) is 13.0. The van der Waals surface area contributed by atoms with E-state index in [1.165, 1.54) is 31.2 Å². The molecule has 1 aliphatic heterocycles. The number of aromatic nitrogens is 1. The van der Waals surface area contributed by atoms with Crippen LogP contribution in [0.3, 0.4) is 0 Å². The summed E-state index contributed by atoms with van der Waals surface area (Å²) in [5.41, 5.74) is -0.853. The van der Waals surface area contributed by atoms with Crippen molar-refractivity contribution in [2.24, 2.45) is 4.99 Å². The fourth-order valence-corrected chi connectivity index (χ4v) is 7.74. The molecular weight excluding hydrogens is 831 g/mol. The highest BCUT2D eigenvalue weighted by atomic mass is 127. The first-order valence-corrected chi connectivity index (χ1v) is 16.0. The van der Waals surface area contributed by atoms with Gasteiger partial charge in [-0.1, -0.05) is 65.4 Å². The lowest BCUT2D eigenvalue weighted by Gasteiger charge is -2.26. The zero-order valence-electron chi connectivity index (χ0n) is 22.1. The van der Waals surface area contributed by atoms with Crippen molar-refractivity contribution in [2.75, 3.05) is 6.61 Å². The molecule has 0 spiro atoms. The fraction of sp³-hybridized carbons (Fsp3) is 0.167. The maximum Gasteiger partial charge on any atom is 0.434 e. The van der Waals surface area contributed by atoms with Crippen LogP contribution < -0.4 is 19.6 Å². The number of nitrogens with zero attached hydrogens (tertiary/aromatic N) is 2. The number of rotatable bonds is 7. The van der Waals surface area contributed by atoms with Crippen LogP contribution in [0, 0.1) is 7.14 Å². The Kier molecular flexibility index (Phi) is 9.68. The number of carbonyl (C=O) groups is 1. The Morgan fingerprint density at radius 2 is 1.74 bits per heavy atom. The second-order valence-electron chi connectivity index (χ2n) is 9.20. The molecule has 0 bridgehead atoms. The van der Waals surface area contributed by atoms with Crippen LogP contribution in [0.25, 0.3) is 6.08 Å². The SMILES string of the molecule is CCOC(=O)C1=C(C(F)(F)F)N=c2s/c(=C\c3cc(I)c(OCc4ccccc4)c(I)c3)c(=O)n2[C@@H]1c1ccc(Cl)cc1. The van der Waals surface area contributed by atoms with Crippen molar-refractivity contribution in [3.63, 3.8) is 0 Å². The molecule has 5 rings (SSSR count). The number of fused-ring (bicyclic) bond motifs is 1. The summed E-state index contributed by atoms with van der Waals surface area (Å²) in [4.78, 5) is 30.4. The monoisotopic (exact) mass is 850 g/mol. The van der Waals surface area contributed by atoms with E-state index in [2.05, 4.69) is 50.2 Å². The topological polar surface area (TPSA) is 69.9 Å². The molecular formula is C30H20ClF3I2N2O4S. The lowest BCUT2D eigenvalue weighted by Crippen LogP contribution is -2.41. The minimum absolute atomic E-state index is 0.147. The third-order valence-corrected chi connectivity index (χ3v) is 9.16. The molecule has 4 aromatic rings. The number of halogens is 6. The van der Waals surface area contributed by atoms with Crippen molar-refractivity contribution in [2.45, 2.75) is 25.7 Å². The third kappa shape index (κ3) is 6.86. The summed E-state index contributed by atoms with van der Waals surface area (Å²) in [7, 11) is 0. The molecule has 222 valence electrons. The van der Waals surface area contributed by atoms with Crippen molar-refractivity contribution < 1.29 is 27.4 Å². The maximum absolute atomic E-state index is 14.3. The summed E-state index contributed by atoms with van der Waals surface area (Å²) in [6.07, 6.45) is -3.39. The van der Waals surface area contributed by atoms with Crippen LogP contribution in [0.2, 0.25) is 5.02 Å². The van der Waals surface area contributed by atoms with Gasteiger partial charge in [-0.2, -0.15) is 13.2 Å². The van der Waals surface area contributed by atoms with E-state index in [0.717, 1.165) is 28.6 Å². The Balaban J connectivity index is 1.63. The predicted molar refractivity (Wildman–Crippen MR) is 175 cm³/mol. The van der Waals surface area contributed by atoms with Crippen LogP contribution in [0.5, 0.6) is 5.75 Å². The summed E-state index contributed by atoms with van der Waals surface area (Å²) in [5.74, 6) is -0.525. The standard InChI is InChI=1S/C30H20ClF3I2N2O4S/c1-2-41-28(40)23-24(18-8-10-19(31)11-9-18)38-27(39)22(43-29(38)37-26(23)30(32,33)34)14-17-12-20(35)25(21(36)13-17)42-15-16-6-4-3-5-7-16/h3-14,24H,2,15H2,1H3/b22-14-/t24-/m1/s1. The average Bonchev–Trinajstić information content (AvgIpc) is 3.26. The summed E-state index contributed by atoms with van der Waals surface area (Å²) >= 11 is 11.1. The quantitative estimate of drug-likeness (QED) is 0.152. The van der Waals surface area contributed by atoms with Crippen LogP contribution in [0.4, 0.5) is 13.2 Å². The maximum atomic E-state index is 14.3. The molecule has 0 N–H and O–H groups in total. The largest absolute Gasteiger partial charge is 0.487 e. The van der Waals surface area contributed by atoms with Gasteiger partial charge >= 0.3 is 12.1 Å². The molecule has 1 aromatic heterocycles. The van der Waals surface area contributed by atoms with Gasteiger partial charge in [0.1, 0.15) is 12.4 Å². The smallest absolute Gasteiger partial charge is 0.434 e. The van der Waals surface area contributed by atoms with Gasteiger partial charge in [0.05, 0.1) is 29.9 Å². The minimum atomic E-state index is -4.98. The van der Waals surface area contributed by atoms with Crippen molar-refractivity contribution in [3.05, 3.63) is 127 Å². The average molecular weight is 851 g/mol. The van der Waals surface area contributed by atoms with E-state index in [1.54, 1.807) is 6.08 Å². The molecule has 2 heterocycles. The molecule has 0 amide bonds. The van der Waals surface area contributed by atoms with Gasteiger partial charge < -0.3 is 9.47 Å². The highest BCUT2D eigenvalue weighted by Gasteiger charge is 2.45. The van der Waals surface area contributed by atoms with Crippen molar-refractivity contribution in [1.82, 2.24) is 4.57 Å². The molecule has 43 heavy (non-hydrogen) atoms. The van der Waals surface area contributed by atoms with Gasteiger partial charge in [0, 0.05) is 5.02 Å². The summed E-state index contributed by atoms with van der Waals surface area (Å²) < 4.78 is 56.8. The molecule has 0 fully saturated rings. The van der Waals surface area contributed by atoms with Gasteiger partial charge in [-0.15, -0.1) is 0 Å². The molecule has 3 aromatic carbocycles. The van der Waals surface area contributed by atoms with Gasteiger partial charge in [-0.25, -0.2) is 9.79 Å².